The van der Waals surface area contributed by atoms with Gasteiger partial charge in [0.15, 0.2) is 22.7 Å². The molecule has 0 radical (unpaired) electrons. The van der Waals surface area contributed by atoms with Crippen LogP contribution in [0.1, 0.15) is 62.7 Å². The van der Waals surface area contributed by atoms with Crippen LogP contribution in [0.2, 0.25) is 0 Å². The third-order valence-corrected chi connectivity index (χ3v) is 7.34. The van der Waals surface area contributed by atoms with Crippen molar-refractivity contribution in [2.75, 3.05) is 6.61 Å². The first kappa shape index (κ1) is 26.8. The molecular weight excluding hydrogens is 507 g/mol. The lowest BCUT2D eigenvalue weighted by molar-refractivity contribution is -0.274. The molecule has 11 heteroatoms. The Morgan fingerprint density at radius 1 is 1.24 bits per heavy atom. The number of esters is 1. The molecule has 1 aliphatic rings. The number of hydrogen-bond acceptors (Lipinski definition) is 8. The first-order chi connectivity index (χ1) is 17.6. The molecule has 2 aromatic heterocycles. The molecule has 2 heterocycles. The van der Waals surface area contributed by atoms with Gasteiger partial charge in [-0.2, -0.15) is 0 Å². The molecule has 7 nitrogen and oxygen atoms in total. The third-order valence-electron chi connectivity index (χ3n) is 6.53. The van der Waals surface area contributed by atoms with Gasteiger partial charge in [0.25, 0.3) is 0 Å². The van der Waals surface area contributed by atoms with E-state index in [1.54, 1.807) is 18.5 Å². The molecule has 3 aromatic rings. The summed E-state index contributed by atoms with van der Waals surface area (Å²) < 4.78 is 55.7. The van der Waals surface area contributed by atoms with Gasteiger partial charge in [0.05, 0.1) is 12.2 Å². The third kappa shape index (κ3) is 5.87. The summed E-state index contributed by atoms with van der Waals surface area (Å²) in [6.45, 7) is 5.64. The van der Waals surface area contributed by atoms with Gasteiger partial charge in [-0.05, 0) is 50.5 Å². The van der Waals surface area contributed by atoms with Crippen LogP contribution in [0.15, 0.2) is 33.7 Å². The fraction of sp³-hybridized carbons (Fsp3) is 0.462. The van der Waals surface area contributed by atoms with Crippen LogP contribution in [0, 0.1) is 17.2 Å². The molecule has 1 aromatic carbocycles. The van der Waals surface area contributed by atoms with E-state index in [1.165, 1.54) is 17.4 Å². The van der Waals surface area contributed by atoms with E-state index in [1.807, 2.05) is 6.92 Å². The molecule has 1 N–H and O–H groups in total. The van der Waals surface area contributed by atoms with Crippen LogP contribution in [0.4, 0.5) is 13.2 Å². The van der Waals surface area contributed by atoms with E-state index in [4.69, 9.17) is 14.6 Å². The number of carbonyl (C=O) groups is 1. The number of ether oxygens (including phenoxy) is 2. The fourth-order valence-corrected chi connectivity index (χ4v) is 5.30. The number of benzene rings is 1. The summed E-state index contributed by atoms with van der Waals surface area (Å²) >= 11 is 1.25. The van der Waals surface area contributed by atoms with Crippen molar-refractivity contribution in [2.45, 2.75) is 59.2 Å². The fourth-order valence-electron chi connectivity index (χ4n) is 4.65. The number of allylic oxidation sites excluding steroid dienone is 2. The zero-order valence-corrected chi connectivity index (χ0v) is 21.6. The molecule has 2 atom stereocenters. The molecule has 0 saturated heterocycles. The molecule has 198 valence electrons. The second kappa shape index (κ2) is 11.0. The zero-order valence-electron chi connectivity index (χ0n) is 20.8. The largest absolute Gasteiger partial charge is 0.573 e. The van der Waals surface area contributed by atoms with Gasteiger partial charge in [0, 0.05) is 23.7 Å². The molecule has 2 unspecified atom stereocenters. The second-order valence-corrected chi connectivity index (χ2v) is 9.72. The summed E-state index contributed by atoms with van der Waals surface area (Å²) in [4.78, 5) is 21.3. The Bertz CT molecular complexity index is 1310. The summed E-state index contributed by atoms with van der Waals surface area (Å²) in [6.07, 6.45) is 1.89. The summed E-state index contributed by atoms with van der Waals surface area (Å²) in [5.74, 6) is -1.24. The highest BCUT2D eigenvalue weighted by molar-refractivity contribution is 7.13. The number of aromatic nitrogens is 2. The summed E-state index contributed by atoms with van der Waals surface area (Å²) in [5, 5.41) is 10.6. The molecule has 0 saturated carbocycles. The number of nitrogens with one attached hydrogen (secondary N) is 1. The Kier molecular flexibility index (Phi) is 8.01. The van der Waals surface area contributed by atoms with Gasteiger partial charge >= 0.3 is 12.3 Å². The number of rotatable bonds is 8. The molecule has 0 spiro atoms. The van der Waals surface area contributed by atoms with Gasteiger partial charge in [-0.25, -0.2) is 14.8 Å². The monoisotopic (exact) mass is 535 g/mol. The van der Waals surface area contributed by atoms with Crippen LogP contribution in [0.25, 0.3) is 21.7 Å². The van der Waals surface area contributed by atoms with Crippen molar-refractivity contribution >= 4 is 34.1 Å². The molecule has 0 fully saturated rings. The van der Waals surface area contributed by atoms with Gasteiger partial charge in [-0.15, -0.1) is 24.5 Å². The smallest absolute Gasteiger partial charge is 0.462 e. The summed E-state index contributed by atoms with van der Waals surface area (Å²) in [5.41, 5.74) is 1.51. The predicted molar refractivity (Wildman–Crippen MR) is 134 cm³/mol. The van der Waals surface area contributed by atoms with Crippen molar-refractivity contribution in [1.82, 2.24) is 9.97 Å². The van der Waals surface area contributed by atoms with E-state index < -0.39 is 23.6 Å². The van der Waals surface area contributed by atoms with E-state index in [-0.39, 0.29) is 41.9 Å². The molecule has 4 rings (SSSR count). The molecule has 1 aliphatic carbocycles. The molecule has 0 amide bonds. The van der Waals surface area contributed by atoms with Crippen molar-refractivity contribution < 1.29 is 31.9 Å². The average molecular weight is 536 g/mol. The van der Waals surface area contributed by atoms with Crippen LogP contribution < -0.4 is 4.74 Å². The van der Waals surface area contributed by atoms with Gasteiger partial charge in [-0.1, -0.05) is 25.5 Å². The number of hydrogen-bond donors (Lipinski definition) is 1. The Hall–Kier alpha value is -3.21. The topological polar surface area (TPSA) is 98.3 Å². The standard InChI is InChI=1S/C26H28F3N3O4S/c1-4-14-7-8-16(15(5-2)11-19(14)30)12-20-32-21-22(35-20)17(24-31-9-10-37-24)13-18(25(33)34-6-3)23(21)36-26(27,28)29/h8-10,13-15,30H,4-7,11-12H2,1-3H3. The van der Waals surface area contributed by atoms with Crippen LogP contribution >= 0.6 is 11.3 Å². The van der Waals surface area contributed by atoms with E-state index in [0.717, 1.165) is 24.8 Å². The molecule has 0 bridgehead atoms. The quantitative estimate of drug-likeness (QED) is 0.239. The second-order valence-electron chi connectivity index (χ2n) is 8.82. The van der Waals surface area contributed by atoms with Gasteiger partial charge in [0.1, 0.15) is 10.6 Å². The maximum Gasteiger partial charge on any atom is 0.573 e. The Labute approximate surface area is 216 Å². The lowest BCUT2D eigenvalue weighted by Crippen LogP contribution is -2.20. The van der Waals surface area contributed by atoms with Crippen molar-refractivity contribution in [1.29, 1.82) is 5.41 Å². The van der Waals surface area contributed by atoms with Crippen molar-refractivity contribution in [3.63, 3.8) is 0 Å². The minimum atomic E-state index is -5.07. The van der Waals surface area contributed by atoms with Gasteiger partial charge < -0.3 is 19.3 Å². The number of thiazole rings is 1. The normalized spacial score (nSPS) is 18.5. The number of carbonyl (C=O) groups excluding carboxylic acids is 1. The highest BCUT2D eigenvalue weighted by Gasteiger charge is 2.37. The van der Waals surface area contributed by atoms with Gasteiger partial charge in [0.2, 0.25) is 0 Å². The zero-order chi connectivity index (χ0) is 26.7. The van der Waals surface area contributed by atoms with Crippen molar-refractivity contribution in [3.8, 4) is 16.3 Å². The molecule has 37 heavy (non-hydrogen) atoms. The molecular formula is C26H28F3N3O4S. The Morgan fingerprint density at radius 3 is 2.62 bits per heavy atom. The van der Waals surface area contributed by atoms with Crippen LogP contribution in [-0.4, -0.2) is 34.6 Å². The van der Waals surface area contributed by atoms with Crippen LogP contribution in [0.5, 0.6) is 5.75 Å². The Morgan fingerprint density at radius 2 is 2.00 bits per heavy atom. The minimum absolute atomic E-state index is 0.0285. The minimum Gasteiger partial charge on any atom is -0.462 e. The summed E-state index contributed by atoms with van der Waals surface area (Å²) in [7, 11) is 0. The van der Waals surface area contributed by atoms with E-state index in [9.17, 15) is 18.0 Å². The van der Waals surface area contributed by atoms with Crippen LogP contribution in [0.3, 0.4) is 0 Å². The highest BCUT2D eigenvalue weighted by atomic mass is 32.1. The number of oxazole rings is 1. The number of alkyl halides is 3. The number of fused-ring (bicyclic) bond motifs is 1. The average Bonchev–Trinajstić information content (AvgIpc) is 3.49. The summed E-state index contributed by atoms with van der Waals surface area (Å²) in [6, 6.07) is 1.25. The Balaban J connectivity index is 1.86. The predicted octanol–water partition coefficient (Wildman–Crippen LogP) is 7.36. The van der Waals surface area contributed by atoms with Gasteiger partial charge in [-0.3, -0.25) is 0 Å². The molecule has 0 aliphatic heterocycles. The first-order valence-corrected chi connectivity index (χ1v) is 13.1. The van der Waals surface area contributed by atoms with Crippen molar-refractivity contribution in [2.24, 2.45) is 11.8 Å². The lowest BCUT2D eigenvalue weighted by atomic mass is 9.88. The number of nitrogens with zero attached hydrogens (tertiary/aromatic N) is 2. The SMILES string of the molecule is CCOC(=O)c1cc(-c2nccs2)c2oc(CC3=CCC(CC)C(=N)CC3CC)nc2c1OC(F)(F)F. The van der Waals surface area contributed by atoms with Crippen molar-refractivity contribution in [3.05, 3.63) is 40.7 Å². The number of halogens is 3. The maximum absolute atomic E-state index is 13.4. The van der Waals surface area contributed by atoms with Crippen LogP contribution in [-0.2, 0) is 11.2 Å². The van der Waals surface area contributed by atoms with E-state index in [2.05, 4.69) is 27.7 Å². The maximum atomic E-state index is 13.4. The highest BCUT2D eigenvalue weighted by Crippen LogP contribution is 2.42. The van der Waals surface area contributed by atoms with E-state index in [0.29, 0.717) is 22.7 Å². The first-order valence-electron chi connectivity index (χ1n) is 12.2. The lowest BCUT2D eigenvalue weighted by Gasteiger charge is -2.17. The van der Waals surface area contributed by atoms with E-state index >= 15 is 0 Å².